The van der Waals surface area contributed by atoms with Crippen LogP contribution in [0.1, 0.15) is 28.9 Å². The van der Waals surface area contributed by atoms with E-state index in [4.69, 9.17) is 5.73 Å². The smallest absolute Gasteiger partial charge is 0.272 e. The van der Waals surface area contributed by atoms with Crippen molar-refractivity contribution in [2.75, 3.05) is 5.73 Å². The number of hydrogen-bond acceptors (Lipinski definition) is 3. The van der Waals surface area contributed by atoms with Gasteiger partial charge in [-0.15, -0.1) is 0 Å². The van der Waals surface area contributed by atoms with Gasteiger partial charge in [0, 0.05) is 31.5 Å². The second-order valence-corrected chi connectivity index (χ2v) is 5.25. The third-order valence-corrected chi connectivity index (χ3v) is 3.62. The van der Waals surface area contributed by atoms with Crippen molar-refractivity contribution >= 4 is 11.6 Å². The summed E-state index contributed by atoms with van der Waals surface area (Å²) in [5.74, 6) is 0.0457. The SMILES string of the molecule is Cn1nccc1C(=O)N(Cc1ccc(N)cc1)C1CC1. The lowest BCUT2D eigenvalue weighted by Gasteiger charge is -2.22. The van der Waals surface area contributed by atoms with E-state index in [9.17, 15) is 4.79 Å². The summed E-state index contributed by atoms with van der Waals surface area (Å²) in [5.41, 5.74) is 8.17. The summed E-state index contributed by atoms with van der Waals surface area (Å²) in [5, 5.41) is 4.07. The number of carbonyl (C=O) groups is 1. The average Bonchev–Trinajstić information content (AvgIpc) is 3.19. The zero-order valence-corrected chi connectivity index (χ0v) is 11.5. The summed E-state index contributed by atoms with van der Waals surface area (Å²) >= 11 is 0. The van der Waals surface area contributed by atoms with Crippen LogP contribution in [-0.4, -0.2) is 26.6 Å². The first kappa shape index (κ1) is 12.7. The van der Waals surface area contributed by atoms with Gasteiger partial charge in [-0.1, -0.05) is 12.1 Å². The molecule has 1 aromatic heterocycles. The van der Waals surface area contributed by atoms with E-state index in [0.717, 1.165) is 24.1 Å². The molecule has 0 atom stereocenters. The fourth-order valence-corrected chi connectivity index (χ4v) is 2.30. The van der Waals surface area contributed by atoms with E-state index in [0.29, 0.717) is 18.3 Å². The fourth-order valence-electron chi connectivity index (χ4n) is 2.30. The lowest BCUT2D eigenvalue weighted by molar-refractivity contribution is 0.0718. The summed E-state index contributed by atoms with van der Waals surface area (Å²) in [4.78, 5) is 14.6. The molecule has 1 heterocycles. The van der Waals surface area contributed by atoms with Gasteiger partial charge in [0.2, 0.25) is 0 Å². The highest BCUT2D eigenvalue weighted by Gasteiger charge is 2.33. The highest BCUT2D eigenvalue weighted by Crippen LogP contribution is 2.29. The quantitative estimate of drug-likeness (QED) is 0.862. The van der Waals surface area contributed by atoms with Crippen LogP contribution in [0.15, 0.2) is 36.5 Å². The summed E-state index contributed by atoms with van der Waals surface area (Å²) in [7, 11) is 1.79. The minimum absolute atomic E-state index is 0.0457. The predicted octanol–water partition coefficient (Wildman–Crippen LogP) is 1.81. The molecule has 104 valence electrons. The van der Waals surface area contributed by atoms with Gasteiger partial charge in [0.1, 0.15) is 5.69 Å². The van der Waals surface area contributed by atoms with E-state index in [1.807, 2.05) is 29.2 Å². The van der Waals surface area contributed by atoms with Crippen molar-refractivity contribution in [3.8, 4) is 0 Å². The second kappa shape index (κ2) is 5.00. The van der Waals surface area contributed by atoms with Crippen LogP contribution in [0.3, 0.4) is 0 Å². The standard InChI is InChI=1S/C15H18N4O/c1-18-14(8-9-17-18)15(20)19(13-6-7-13)10-11-2-4-12(16)5-3-11/h2-5,8-9,13H,6-7,10,16H2,1H3. The van der Waals surface area contributed by atoms with Gasteiger partial charge in [-0.2, -0.15) is 5.10 Å². The maximum Gasteiger partial charge on any atom is 0.272 e. The first-order valence-electron chi connectivity index (χ1n) is 6.78. The van der Waals surface area contributed by atoms with E-state index in [1.165, 1.54) is 0 Å². The molecule has 3 rings (SSSR count). The molecular formula is C15H18N4O. The molecule has 0 spiro atoms. The van der Waals surface area contributed by atoms with Gasteiger partial charge >= 0.3 is 0 Å². The predicted molar refractivity (Wildman–Crippen MR) is 77.0 cm³/mol. The molecule has 1 aliphatic rings. The Hall–Kier alpha value is -2.30. The van der Waals surface area contributed by atoms with Crippen LogP contribution in [-0.2, 0) is 13.6 Å². The Bertz CT molecular complexity index is 613. The number of carbonyl (C=O) groups excluding carboxylic acids is 1. The molecule has 1 amide bonds. The Morgan fingerprint density at radius 2 is 2.05 bits per heavy atom. The molecule has 0 radical (unpaired) electrons. The molecule has 5 heteroatoms. The van der Waals surface area contributed by atoms with Crippen molar-refractivity contribution in [2.45, 2.75) is 25.4 Å². The minimum Gasteiger partial charge on any atom is -0.399 e. The van der Waals surface area contributed by atoms with E-state index < -0.39 is 0 Å². The normalized spacial score (nSPS) is 14.2. The van der Waals surface area contributed by atoms with Crippen LogP contribution >= 0.6 is 0 Å². The van der Waals surface area contributed by atoms with Gasteiger partial charge in [0.25, 0.3) is 5.91 Å². The van der Waals surface area contributed by atoms with Crippen molar-refractivity contribution < 1.29 is 4.79 Å². The number of nitrogens with zero attached hydrogens (tertiary/aromatic N) is 3. The largest absolute Gasteiger partial charge is 0.399 e. The molecule has 1 saturated carbocycles. The van der Waals surface area contributed by atoms with E-state index in [1.54, 1.807) is 24.0 Å². The summed E-state index contributed by atoms with van der Waals surface area (Å²) in [6.45, 7) is 0.620. The van der Waals surface area contributed by atoms with E-state index in [2.05, 4.69) is 5.10 Å². The summed E-state index contributed by atoms with van der Waals surface area (Å²) in [6.07, 6.45) is 3.82. The number of hydrogen-bond donors (Lipinski definition) is 1. The average molecular weight is 270 g/mol. The first-order valence-corrected chi connectivity index (χ1v) is 6.78. The zero-order chi connectivity index (χ0) is 14.1. The van der Waals surface area contributed by atoms with Crippen molar-refractivity contribution in [3.05, 3.63) is 47.8 Å². The Labute approximate surface area is 118 Å². The highest BCUT2D eigenvalue weighted by atomic mass is 16.2. The van der Waals surface area contributed by atoms with Crippen LogP contribution in [0.5, 0.6) is 0 Å². The van der Waals surface area contributed by atoms with Gasteiger partial charge in [-0.3, -0.25) is 9.48 Å². The molecule has 0 saturated heterocycles. The van der Waals surface area contributed by atoms with Gasteiger partial charge in [0.05, 0.1) is 0 Å². The number of nitrogen functional groups attached to an aromatic ring is 1. The van der Waals surface area contributed by atoms with Gasteiger partial charge in [-0.25, -0.2) is 0 Å². The molecule has 1 aliphatic carbocycles. The molecule has 0 aliphatic heterocycles. The monoisotopic (exact) mass is 270 g/mol. The Morgan fingerprint density at radius 1 is 1.35 bits per heavy atom. The number of aromatic nitrogens is 2. The highest BCUT2D eigenvalue weighted by molar-refractivity contribution is 5.92. The Balaban J connectivity index is 1.81. The minimum atomic E-state index is 0.0457. The third-order valence-electron chi connectivity index (χ3n) is 3.62. The van der Waals surface area contributed by atoms with E-state index in [-0.39, 0.29) is 5.91 Å². The number of nitrogens with two attached hydrogens (primary N) is 1. The third kappa shape index (κ3) is 2.52. The van der Waals surface area contributed by atoms with Gasteiger partial charge in [0.15, 0.2) is 0 Å². The molecule has 2 aromatic rings. The fraction of sp³-hybridized carbons (Fsp3) is 0.333. The van der Waals surface area contributed by atoms with Crippen molar-refractivity contribution in [2.24, 2.45) is 7.05 Å². The first-order chi connectivity index (χ1) is 9.65. The number of rotatable bonds is 4. The Kier molecular flexibility index (Phi) is 3.18. The maximum absolute atomic E-state index is 12.6. The van der Waals surface area contributed by atoms with Crippen molar-refractivity contribution in [1.82, 2.24) is 14.7 Å². The molecule has 20 heavy (non-hydrogen) atoms. The lowest BCUT2D eigenvalue weighted by Crippen LogP contribution is -2.33. The van der Waals surface area contributed by atoms with E-state index >= 15 is 0 Å². The number of benzene rings is 1. The lowest BCUT2D eigenvalue weighted by atomic mass is 10.2. The maximum atomic E-state index is 12.6. The van der Waals surface area contributed by atoms with Gasteiger partial charge < -0.3 is 10.6 Å². The summed E-state index contributed by atoms with van der Waals surface area (Å²) in [6, 6.07) is 9.81. The number of anilines is 1. The van der Waals surface area contributed by atoms with Crippen LogP contribution in [0.25, 0.3) is 0 Å². The van der Waals surface area contributed by atoms with Crippen LogP contribution in [0, 0.1) is 0 Å². The molecule has 1 fully saturated rings. The second-order valence-electron chi connectivity index (χ2n) is 5.25. The number of amides is 1. The van der Waals surface area contributed by atoms with Crippen molar-refractivity contribution in [1.29, 1.82) is 0 Å². The topological polar surface area (TPSA) is 64.2 Å². The Morgan fingerprint density at radius 3 is 2.60 bits per heavy atom. The molecule has 2 N–H and O–H groups in total. The molecular weight excluding hydrogens is 252 g/mol. The summed E-state index contributed by atoms with van der Waals surface area (Å²) < 4.78 is 1.63. The zero-order valence-electron chi connectivity index (χ0n) is 11.5. The number of aryl methyl sites for hydroxylation is 1. The van der Waals surface area contributed by atoms with Crippen LogP contribution in [0.2, 0.25) is 0 Å². The molecule has 5 nitrogen and oxygen atoms in total. The molecule has 0 unspecified atom stereocenters. The van der Waals surface area contributed by atoms with Gasteiger partial charge in [-0.05, 0) is 36.6 Å². The molecule has 0 bridgehead atoms. The van der Waals surface area contributed by atoms with Crippen LogP contribution < -0.4 is 5.73 Å². The van der Waals surface area contributed by atoms with Crippen molar-refractivity contribution in [3.63, 3.8) is 0 Å². The molecule has 1 aromatic carbocycles. The van der Waals surface area contributed by atoms with Crippen LogP contribution in [0.4, 0.5) is 5.69 Å².